The molecule has 4 rings (SSSR count). The number of aromatic nitrogens is 1. The zero-order valence-corrected chi connectivity index (χ0v) is 17.5. The summed E-state index contributed by atoms with van der Waals surface area (Å²) in [6, 6.07) is 21.2. The zero-order chi connectivity index (χ0) is 21.6. The Balaban J connectivity index is 1.45. The molecule has 0 saturated heterocycles. The Morgan fingerprint density at radius 3 is 2.68 bits per heavy atom. The molecule has 0 aliphatic rings. The maximum Gasteiger partial charge on any atom is 0.275 e. The van der Waals surface area contributed by atoms with Crippen molar-refractivity contribution in [1.29, 1.82) is 0 Å². The van der Waals surface area contributed by atoms with E-state index >= 15 is 0 Å². The fraction of sp³-hybridized carbons (Fsp3) is 0.0833. The summed E-state index contributed by atoms with van der Waals surface area (Å²) >= 11 is 1.34. The molecule has 0 bridgehead atoms. The second kappa shape index (κ2) is 9.40. The monoisotopic (exact) mass is 434 g/mol. The number of hydrogen-bond donors (Lipinski definition) is 1. The van der Waals surface area contributed by atoms with Crippen molar-refractivity contribution in [3.63, 3.8) is 0 Å². The van der Waals surface area contributed by atoms with Gasteiger partial charge < -0.3 is 14.8 Å². The Morgan fingerprint density at radius 1 is 1.03 bits per heavy atom. The molecule has 156 valence electrons. The molecule has 5 nitrogen and oxygen atoms in total. The van der Waals surface area contributed by atoms with Crippen LogP contribution >= 0.6 is 11.3 Å². The second-order valence-corrected chi connectivity index (χ2v) is 7.50. The van der Waals surface area contributed by atoms with E-state index in [0.717, 1.165) is 16.9 Å². The molecule has 1 heterocycles. The summed E-state index contributed by atoms with van der Waals surface area (Å²) in [5.41, 5.74) is 2.17. The zero-order valence-electron chi connectivity index (χ0n) is 16.7. The van der Waals surface area contributed by atoms with Crippen LogP contribution in [0.25, 0.3) is 10.6 Å². The highest BCUT2D eigenvalue weighted by Crippen LogP contribution is 2.28. The van der Waals surface area contributed by atoms with Crippen LogP contribution in [0, 0.1) is 5.82 Å². The molecule has 0 spiro atoms. The Kier molecular flexibility index (Phi) is 6.24. The molecule has 0 atom stereocenters. The van der Waals surface area contributed by atoms with Crippen LogP contribution in [0.3, 0.4) is 0 Å². The molecular weight excluding hydrogens is 415 g/mol. The fourth-order valence-electron chi connectivity index (χ4n) is 2.91. The van der Waals surface area contributed by atoms with Crippen LogP contribution in [0.4, 0.5) is 10.1 Å². The maximum absolute atomic E-state index is 13.8. The van der Waals surface area contributed by atoms with Gasteiger partial charge in [-0.3, -0.25) is 4.79 Å². The summed E-state index contributed by atoms with van der Waals surface area (Å²) in [6.45, 7) is 0.398. The lowest BCUT2D eigenvalue weighted by Gasteiger charge is -2.08. The Labute approximate surface area is 183 Å². The van der Waals surface area contributed by atoms with Crippen molar-refractivity contribution >= 4 is 22.9 Å². The summed E-state index contributed by atoms with van der Waals surface area (Å²) in [5.74, 6) is 0.511. The van der Waals surface area contributed by atoms with E-state index in [1.165, 1.54) is 23.5 Å². The number of carbonyl (C=O) groups is 1. The van der Waals surface area contributed by atoms with Gasteiger partial charge in [0, 0.05) is 10.9 Å². The van der Waals surface area contributed by atoms with E-state index in [0.29, 0.717) is 17.4 Å². The minimum atomic E-state index is -0.493. The minimum Gasteiger partial charge on any atom is -0.497 e. The lowest BCUT2D eigenvalue weighted by atomic mass is 10.2. The van der Waals surface area contributed by atoms with Gasteiger partial charge in [-0.2, -0.15) is 0 Å². The number of methoxy groups -OCH3 is 1. The van der Waals surface area contributed by atoms with Gasteiger partial charge in [0.15, 0.2) is 0 Å². The third-order valence-corrected chi connectivity index (χ3v) is 5.37. The molecule has 1 N–H and O–H groups in total. The van der Waals surface area contributed by atoms with Gasteiger partial charge in [-0.05, 0) is 42.0 Å². The van der Waals surface area contributed by atoms with Crippen molar-refractivity contribution in [1.82, 2.24) is 4.98 Å². The van der Waals surface area contributed by atoms with Crippen molar-refractivity contribution in [2.24, 2.45) is 0 Å². The average Bonchev–Trinajstić information content (AvgIpc) is 3.30. The van der Waals surface area contributed by atoms with Crippen molar-refractivity contribution in [2.75, 3.05) is 12.4 Å². The molecule has 3 aromatic carbocycles. The first-order chi connectivity index (χ1) is 15.1. The van der Waals surface area contributed by atoms with E-state index in [9.17, 15) is 9.18 Å². The number of carbonyl (C=O) groups excluding carboxylic acids is 1. The third kappa shape index (κ3) is 5.07. The number of rotatable bonds is 7. The normalized spacial score (nSPS) is 10.5. The number of nitrogens with zero attached hydrogens (tertiary/aromatic N) is 1. The van der Waals surface area contributed by atoms with Gasteiger partial charge in [0.25, 0.3) is 5.91 Å². The first-order valence-corrected chi connectivity index (χ1v) is 10.4. The number of anilines is 1. The number of thiazole rings is 1. The van der Waals surface area contributed by atoms with Crippen molar-refractivity contribution in [3.8, 4) is 22.1 Å². The maximum atomic E-state index is 13.8. The highest BCUT2D eigenvalue weighted by Gasteiger charge is 2.14. The predicted molar refractivity (Wildman–Crippen MR) is 119 cm³/mol. The second-order valence-electron chi connectivity index (χ2n) is 6.64. The van der Waals surface area contributed by atoms with Crippen molar-refractivity contribution in [2.45, 2.75) is 6.61 Å². The first-order valence-electron chi connectivity index (χ1n) is 9.50. The molecule has 31 heavy (non-hydrogen) atoms. The molecule has 0 radical (unpaired) electrons. The van der Waals surface area contributed by atoms with Crippen molar-refractivity contribution < 1.29 is 18.7 Å². The molecule has 0 unspecified atom stereocenters. The van der Waals surface area contributed by atoms with Gasteiger partial charge >= 0.3 is 0 Å². The molecule has 0 saturated carbocycles. The number of nitrogens with one attached hydrogen (secondary N) is 1. The van der Waals surface area contributed by atoms with Crippen LogP contribution in [0.1, 0.15) is 16.1 Å². The molecule has 0 aliphatic heterocycles. The van der Waals surface area contributed by atoms with E-state index in [1.807, 2.05) is 48.5 Å². The standard InChI is InChI=1S/C24H19FN2O3S/c1-29-18-8-4-6-16(12-18)14-30-19-9-5-7-17(13-19)24-27-22(15-31-24)23(28)26-21-11-3-2-10-20(21)25/h2-13,15H,14H2,1H3,(H,26,28). The van der Waals surface area contributed by atoms with Gasteiger partial charge in [-0.25, -0.2) is 9.37 Å². The number of amides is 1. The Hall–Kier alpha value is -3.71. The van der Waals surface area contributed by atoms with Crippen LogP contribution in [-0.4, -0.2) is 18.0 Å². The average molecular weight is 434 g/mol. The number of ether oxygens (including phenoxy) is 2. The van der Waals surface area contributed by atoms with Gasteiger partial charge in [-0.1, -0.05) is 36.4 Å². The summed E-state index contributed by atoms with van der Waals surface area (Å²) in [5, 5.41) is 4.87. The smallest absolute Gasteiger partial charge is 0.275 e. The number of halogens is 1. The highest BCUT2D eigenvalue weighted by molar-refractivity contribution is 7.13. The summed E-state index contributed by atoms with van der Waals surface area (Å²) < 4.78 is 24.9. The van der Waals surface area contributed by atoms with Crippen LogP contribution in [-0.2, 0) is 6.61 Å². The van der Waals surface area contributed by atoms with E-state index < -0.39 is 11.7 Å². The predicted octanol–water partition coefficient (Wildman–Crippen LogP) is 5.79. The van der Waals surface area contributed by atoms with E-state index in [2.05, 4.69) is 10.3 Å². The van der Waals surface area contributed by atoms with Gasteiger partial charge in [-0.15, -0.1) is 11.3 Å². The van der Waals surface area contributed by atoms with Crippen LogP contribution in [0.5, 0.6) is 11.5 Å². The van der Waals surface area contributed by atoms with Crippen LogP contribution in [0.15, 0.2) is 78.2 Å². The molecule has 0 fully saturated rings. The Morgan fingerprint density at radius 2 is 1.84 bits per heavy atom. The number of benzene rings is 3. The Bertz CT molecular complexity index is 1210. The summed E-state index contributed by atoms with van der Waals surface area (Å²) in [4.78, 5) is 16.8. The number of para-hydroxylation sites is 1. The third-order valence-electron chi connectivity index (χ3n) is 4.48. The summed E-state index contributed by atoms with van der Waals surface area (Å²) in [7, 11) is 1.63. The van der Waals surface area contributed by atoms with Gasteiger partial charge in [0.05, 0.1) is 12.8 Å². The van der Waals surface area contributed by atoms with E-state index in [4.69, 9.17) is 9.47 Å². The van der Waals surface area contributed by atoms with Crippen LogP contribution in [0.2, 0.25) is 0 Å². The SMILES string of the molecule is COc1cccc(COc2cccc(-c3nc(C(=O)Nc4ccccc4F)cs3)c2)c1. The lowest BCUT2D eigenvalue weighted by Crippen LogP contribution is -2.13. The topological polar surface area (TPSA) is 60.5 Å². The molecule has 1 amide bonds. The lowest BCUT2D eigenvalue weighted by molar-refractivity contribution is 0.102. The minimum absolute atomic E-state index is 0.120. The van der Waals surface area contributed by atoms with Gasteiger partial charge in [0.2, 0.25) is 0 Å². The van der Waals surface area contributed by atoms with Gasteiger partial charge in [0.1, 0.15) is 34.6 Å². The molecule has 1 aromatic heterocycles. The molecular formula is C24H19FN2O3S. The molecule has 4 aromatic rings. The largest absolute Gasteiger partial charge is 0.497 e. The van der Waals surface area contributed by atoms with Crippen LogP contribution < -0.4 is 14.8 Å². The fourth-order valence-corrected chi connectivity index (χ4v) is 3.70. The van der Waals surface area contributed by atoms with E-state index in [1.54, 1.807) is 24.6 Å². The highest BCUT2D eigenvalue weighted by atomic mass is 32.1. The first kappa shape index (κ1) is 20.6. The number of hydrogen-bond acceptors (Lipinski definition) is 5. The molecule has 7 heteroatoms. The molecule has 0 aliphatic carbocycles. The van der Waals surface area contributed by atoms with Crippen molar-refractivity contribution in [3.05, 3.63) is 95.3 Å². The summed E-state index contributed by atoms with van der Waals surface area (Å²) in [6.07, 6.45) is 0. The van der Waals surface area contributed by atoms with E-state index in [-0.39, 0.29) is 11.4 Å². The quantitative estimate of drug-likeness (QED) is 0.400.